The standard InChI is InChI=1S/C16H19N3O3S/c1-3-23(21,22)19-14-9-7-13(8-10-14)18-16-6-4-5-15(11-16)17-12(2)20/h4-11,18-19H,3H2,1-2H3,(H,17,20). The van der Waals surface area contributed by atoms with E-state index >= 15 is 0 Å². The van der Waals surface area contributed by atoms with Crippen molar-refractivity contribution in [3.8, 4) is 0 Å². The summed E-state index contributed by atoms with van der Waals surface area (Å²) in [5.41, 5.74) is 2.85. The Morgan fingerprint density at radius 2 is 1.57 bits per heavy atom. The molecule has 0 heterocycles. The van der Waals surface area contributed by atoms with Crippen LogP contribution in [0.5, 0.6) is 0 Å². The van der Waals surface area contributed by atoms with E-state index in [0.29, 0.717) is 11.4 Å². The first-order valence-corrected chi connectivity index (χ1v) is 8.78. The molecule has 0 saturated heterocycles. The predicted octanol–water partition coefficient (Wildman–Crippen LogP) is 3.15. The largest absolute Gasteiger partial charge is 0.355 e. The van der Waals surface area contributed by atoms with Crippen LogP contribution < -0.4 is 15.4 Å². The molecule has 0 aliphatic heterocycles. The van der Waals surface area contributed by atoms with Crippen molar-refractivity contribution in [2.75, 3.05) is 21.1 Å². The summed E-state index contributed by atoms with van der Waals surface area (Å²) in [6.45, 7) is 3.04. The summed E-state index contributed by atoms with van der Waals surface area (Å²) in [6, 6.07) is 14.2. The van der Waals surface area contributed by atoms with Crippen molar-refractivity contribution >= 4 is 38.7 Å². The Hall–Kier alpha value is -2.54. The number of hydrogen-bond acceptors (Lipinski definition) is 4. The minimum atomic E-state index is -3.27. The second-order valence-corrected chi connectivity index (χ2v) is 6.98. The average molecular weight is 333 g/mol. The Morgan fingerprint density at radius 3 is 2.17 bits per heavy atom. The molecule has 2 aromatic carbocycles. The molecule has 7 heteroatoms. The summed E-state index contributed by atoms with van der Waals surface area (Å²) in [6.07, 6.45) is 0. The first-order valence-electron chi connectivity index (χ1n) is 7.13. The molecule has 0 bridgehead atoms. The number of benzene rings is 2. The van der Waals surface area contributed by atoms with Crippen LogP contribution in [-0.4, -0.2) is 20.1 Å². The Balaban J connectivity index is 2.08. The molecule has 2 rings (SSSR count). The van der Waals surface area contributed by atoms with E-state index in [2.05, 4.69) is 15.4 Å². The van der Waals surface area contributed by atoms with Gasteiger partial charge in [-0.05, 0) is 49.4 Å². The van der Waals surface area contributed by atoms with Crippen LogP contribution in [0, 0.1) is 0 Å². The van der Waals surface area contributed by atoms with Gasteiger partial charge in [-0.15, -0.1) is 0 Å². The van der Waals surface area contributed by atoms with Crippen molar-refractivity contribution in [3.63, 3.8) is 0 Å². The maximum atomic E-state index is 11.5. The first-order chi connectivity index (χ1) is 10.9. The number of amides is 1. The van der Waals surface area contributed by atoms with Gasteiger partial charge in [0, 0.05) is 29.7 Å². The van der Waals surface area contributed by atoms with Crippen LogP contribution in [0.25, 0.3) is 0 Å². The van der Waals surface area contributed by atoms with E-state index in [1.54, 1.807) is 37.3 Å². The summed E-state index contributed by atoms with van der Waals surface area (Å²) in [5.74, 6) is -0.0992. The van der Waals surface area contributed by atoms with Crippen molar-refractivity contribution in [2.24, 2.45) is 0 Å². The van der Waals surface area contributed by atoms with E-state index in [4.69, 9.17) is 0 Å². The predicted molar refractivity (Wildman–Crippen MR) is 93.6 cm³/mol. The molecule has 3 N–H and O–H groups in total. The van der Waals surface area contributed by atoms with Gasteiger partial charge in [0.1, 0.15) is 0 Å². The van der Waals surface area contributed by atoms with Crippen LogP contribution in [0.1, 0.15) is 13.8 Å². The number of anilines is 4. The van der Waals surface area contributed by atoms with Gasteiger partial charge in [-0.3, -0.25) is 9.52 Å². The van der Waals surface area contributed by atoms with Crippen LogP contribution >= 0.6 is 0 Å². The molecule has 0 atom stereocenters. The van der Waals surface area contributed by atoms with Crippen LogP contribution in [0.2, 0.25) is 0 Å². The lowest BCUT2D eigenvalue weighted by Gasteiger charge is -2.10. The normalized spacial score (nSPS) is 10.9. The van der Waals surface area contributed by atoms with E-state index in [1.165, 1.54) is 6.92 Å². The monoisotopic (exact) mass is 333 g/mol. The SMILES string of the molecule is CCS(=O)(=O)Nc1ccc(Nc2cccc(NC(C)=O)c2)cc1. The molecule has 0 spiro atoms. The summed E-state index contributed by atoms with van der Waals surface area (Å²) < 4.78 is 25.5. The Morgan fingerprint density at radius 1 is 0.957 bits per heavy atom. The number of sulfonamides is 1. The highest BCUT2D eigenvalue weighted by Gasteiger charge is 2.06. The maximum Gasteiger partial charge on any atom is 0.232 e. The van der Waals surface area contributed by atoms with Gasteiger partial charge in [-0.2, -0.15) is 0 Å². The number of rotatable bonds is 6. The van der Waals surface area contributed by atoms with Crippen LogP contribution in [0.3, 0.4) is 0 Å². The maximum absolute atomic E-state index is 11.5. The zero-order chi connectivity index (χ0) is 16.9. The zero-order valence-electron chi connectivity index (χ0n) is 13.0. The molecule has 0 aromatic heterocycles. The van der Waals surface area contributed by atoms with Gasteiger partial charge in [-0.1, -0.05) is 6.07 Å². The van der Waals surface area contributed by atoms with Crippen LogP contribution in [0.15, 0.2) is 48.5 Å². The van der Waals surface area contributed by atoms with Crippen molar-refractivity contribution in [2.45, 2.75) is 13.8 Å². The van der Waals surface area contributed by atoms with Gasteiger partial charge in [0.25, 0.3) is 0 Å². The summed E-state index contributed by atoms with van der Waals surface area (Å²) in [5, 5.41) is 5.91. The first kappa shape index (κ1) is 16.8. The van der Waals surface area contributed by atoms with Crippen molar-refractivity contribution in [3.05, 3.63) is 48.5 Å². The fraction of sp³-hybridized carbons (Fsp3) is 0.188. The number of hydrogen-bond donors (Lipinski definition) is 3. The molecule has 0 saturated carbocycles. The highest BCUT2D eigenvalue weighted by Crippen LogP contribution is 2.22. The van der Waals surface area contributed by atoms with Gasteiger partial charge in [-0.25, -0.2) is 8.42 Å². The molecular weight excluding hydrogens is 314 g/mol. The molecule has 0 aliphatic rings. The van der Waals surface area contributed by atoms with Gasteiger partial charge >= 0.3 is 0 Å². The third-order valence-corrected chi connectivity index (χ3v) is 4.32. The summed E-state index contributed by atoms with van der Waals surface area (Å²) in [4.78, 5) is 11.1. The quantitative estimate of drug-likeness (QED) is 0.758. The number of carbonyl (C=O) groups is 1. The lowest BCUT2D eigenvalue weighted by molar-refractivity contribution is -0.114. The lowest BCUT2D eigenvalue weighted by Crippen LogP contribution is -2.14. The Labute approximate surface area is 136 Å². The minimum absolute atomic E-state index is 0.0307. The summed E-state index contributed by atoms with van der Waals surface area (Å²) in [7, 11) is -3.27. The highest BCUT2D eigenvalue weighted by atomic mass is 32.2. The third-order valence-electron chi connectivity index (χ3n) is 3.01. The summed E-state index contributed by atoms with van der Waals surface area (Å²) >= 11 is 0. The second kappa shape index (κ2) is 7.15. The molecular formula is C16H19N3O3S. The van der Waals surface area contributed by atoms with Crippen molar-refractivity contribution in [1.29, 1.82) is 0 Å². The van der Waals surface area contributed by atoms with E-state index in [0.717, 1.165) is 11.4 Å². The van der Waals surface area contributed by atoms with Crippen LogP contribution in [-0.2, 0) is 14.8 Å². The molecule has 0 radical (unpaired) electrons. The molecule has 0 fully saturated rings. The molecule has 0 unspecified atom stereocenters. The fourth-order valence-electron chi connectivity index (χ4n) is 1.92. The molecule has 122 valence electrons. The number of nitrogens with one attached hydrogen (secondary N) is 3. The minimum Gasteiger partial charge on any atom is -0.355 e. The van der Waals surface area contributed by atoms with Crippen molar-refractivity contribution < 1.29 is 13.2 Å². The lowest BCUT2D eigenvalue weighted by atomic mass is 10.2. The third kappa shape index (κ3) is 5.30. The molecule has 2 aromatic rings. The Bertz CT molecular complexity index is 786. The molecule has 1 amide bonds. The molecule has 6 nitrogen and oxygen atoms in total. The zero-order valence-corrected chi connectivity index (χ0v) is 13.8. The smallest absolute Gasteiger partial charge is 0.232 e. The van der Waals surface area contributed by atoms with Gasteiger partial charge in [0.15, 0.2) is 0 Å². The van der Waals surface area contributed by atoms with E-state index < -0.39 is 10.0 Å². The van der Waals surface area contributed by atoms with E-state index in [1.807, 2.05) is 18.2 Å². The van der Waals surface area contributed by atoms with E-state index in [9.17, 15) is 13.2 Å². The van der Waals surface area contributed by atoms with Crippen LogP contribution in [0.4, 0.5) is 22.7 Å². The van der Waals surface area contributed by atoms with Gasteiger partial charge < -0.3 is 10.6 Å². The van der Waals surface area contributed by atoms with Gasteiger partial charge in [0.05, 0.1) is 5.75 Å². The fourth-order valence-corrected chi connectivity index (χ4v) is 2.56. The molecule has 23 heavy (non-hydrogen) atoms. The second-order valence-electron chi connectivity index (χ2n) is 4.97. The number of carbonyl (C=O) groups excluding carboxylic acids is 1. The molecule has 0 aliphatic carbocycles. The van der Waals surface area contributed by atoms with Crippen molar-refractivity contribution in [1.82, 2.24) is 0 Å². The Kier molecular flexibility index (Phi) is 5.23. The van der Waals surface area contributed by atoms with E-state index in [-0.39, 0.29) is 11.7 Å². The average Bonchev–Trinajstić information content (AvgIpc) is 2.49. The van der Waals surface area contributed by atoms with Gasteiger partial charge in [0.2, 0.25) is 15.9 Å². The topological polar surface area (TPSA) is 87.3 Å². The highest BCUT2D eigenvalue weighted by molar-refractivity contribution is 7.92.